The molecule has 0 radical (unpaired) electrons. The standard InChI is InChI=1S/C11H23N3O2S.2ClH/c15-17(16,10-3-11-1-2-11)13-6-9-14-7-4-12-5-8-14;;/h11-13H,1-10H2;2*1H. The second-order valence-electron chi connectivity index (χ2n) is 5.04. The van der Waals surface area contributed by atoms with Crippen molar-refractivity contribution in [1.29, 1.82) is 0 Å². The Balaban J connectivity index is 0.00000162. The van der Waals surface area contributed by atoms with E-state index >= 15 is 0 Å². The fraction of sp³-hybridized carbons (Fsp3) is 1.00. The zero-order valence-corrected chi connectivity index (χ0v) is 13.6. The third-order valence-corrected chi connectivity index (χ3v) is 4.87. The Morgan fingerprint density at radius 2 is 1.79 bits per heavy atom. The summed E-state index contributed by atoms with van der Waals surface area (Å²) in [7, 11) is -3.03. The minimum atomic E-state index is -3.03. The molecule has 19 heavy (non-hydrogen) atoms. The molecule has 2 fully saturated rings. The predicted molar refractivity (Wildman–Crippen MR) is 82.9 cm³/mol. The Morgan fingerprint density at radius 3 is 2.37 bits per heavy atom. The summed E-state index contributed by atoms with van der Waals surface area (Å²) in [5.41, 5.74) is 0. The van der Waals surface area contributed by atoms with Crippen molar-refractivity contribution in [1.82, 2.24) is 14.9 Å². The molecule has 0 aromatic heterocycles. The summed E-state index contributed by atoms with van der Waals surface area (Å²) in [5.74, 6) is 0.985. The topological polar surface area (TPSA) is 61.4 Å². The number of halogens is 2. The van der Waals surface area contributed by atoms with Crippen LogP contribution in [0.25, 0.3) is 0 Å². The van der Waals surface area contributed by atoms with Gasteiger partial charge in [0.25, 0.3) is 0 Å². The summed E-state index contributed by atoms with van der Waals surface area (Å²) >= 11 is 0. The molecule has 2 N–H and O–H groups in total. The fourth-order valence-corrected chi connectivity index (χ4v) is 3.28. The van der Waals surface area contributed by atoms with Crippen LogP contribution >= 0.6 is 24.8 Å². The normalized spacial score (nSPS) is 20.4. The lowest BCUT2D eigenvalue weighted by molar-refractivity contribution is 0.245. The number of piperazine rings is 1. The van der Waals surface area contributed by atoms with Crippen molar-refractivity contribution >= 4 is 34.8 Å². The molecule has 0 atom stereocenters. The molecular formula is C11H25Cl2N3O2S. The Morgan fingerprint density at radius 1 is 1.16 bits per heavy atom. The van der Waals surface area contributed by atoms with E-state index in [1.54, 1.807) is 0 Å². The van der Waals surface area contributed by atoms with E-state index in [0.29, 0.717) is 18.2 Å². The highest BCUT2D eigenvalue weighted by Gasteiger charge is 2.23. The highest BCUT2D eigenvalue weighted by molar-refractivity contribution is 7.89. The molecule has 0 unspecified atom stereocenters. The van der Waals surface area contributed by atoms with Crippen molar-refractivity contribution < 1.29 is 8.42 Å². The van der Waals surface area contributed by atoms with Crippen LogP contribution in [0.15, 0.2) is 0 Å². The molecule has 2 rings (SSSR count). The Labute approximate surface area is 128 Å². The molecule has 1 aliphatic heterocycles. The number of rotatable bonds is 7. The van der Waals surface area contributed by atoms with Gasteiger partial charge < -0.3 is 5.32 Å². The van der Waals surface area contributed by atoms with Crippen molar-refractivity contribution in [2.45, 2.75) is 19.3 Å². The lowest BCUT2D eigenvalue weighted by Crippen LogP contribution is -2.46. The zero-order chi connectivity index (χ0) is 12.1. The molecular weight excluding hydrogens is 309 g/mol. The Hall–Kier alpha value is 0.410. The number of hydrogen-bond acceptors (Lipinski definition) is 4. The zero-order valence-electron chi connectivity index (χ0n) is 11.1. The predicted octanol–water partition coefficient (Wildman–Crippen LogP) is 0.455. The van der Waals surface area contributed by atoms with Gasteiger partial charge in [0.05, 0.1) is 5.75 Å². The SMILES string of the molecule is Cl.Cl.O=S(=O)(CCC1CC1)NCCN1CCNCC1. The molecule has 2 aliphatic rings. The van der Waals surface area contributed by atoms with Crippen molar-refractivity contribution in [3.63, 3.8) is 0 Å². The van der Waals surface area contributed by atoms with Crippen LogP contribution in [0.3, 0.4) is 0 Å². The summed E-state index contributed by atoms with van der Waals surface area (Å²) < 4.78 is 26.0. The molecule has 0 amide bonds. The van der Waals surface area contributed by atoms with Crippen LogP contribution in [0.2, 0.25) is 0 Å². The van der Waals surface area contributed by atoms with Crippen LogP contribution in [0.4, 0.5) is 0 Å². The van der Waals surface area contributed by atoms with Gasteiger partial charge in [-0.3, -0.25) is 4.90 Å². The Bertz CT molecular complexity index is 331. The summed E-state index contributed by atoms with van der Waals surface area (Å²) in [6, 6.07) is 0. The summed E-state index contributed by atoms with van der Waals surface area (Å²) in [6.45, 7) is 5.42. The van der Waals surface area contributed by atoms with Crippen LogP contribution in [0, 0.1) is 5.92 Å². The van der Waals surface area contributed by atoms with E-state index in [1.165, 1.54) is 12.8 Å². The molecule has 116 valence electrons. The third-order valence-electron chi connectivity index (χ3n) is 3.45. The number of hydrogen-bond donors (Lipinski definition) is 2. The van der Waals surface area contributed by atoms with E-state index in [1.807, 2.05) is 0 Å². The monoisotopic (exact) mass is 333 g/mol. The van der Waals surface area contributed by atoms with E-state index in [-0.39, 0.29) is 24.8 Å². The quantitative estimate of drug-likeness (QED) is 0.710. The molecule has 1 saturated heterocycles. The smallest absolute Gasteiger partial charge is 0.211 e. The average Bonchev–Trinajstić information content (AvgIpc) is 3.12. The van der Waals surface area contributed by atoms with Crippen LogP contribution in [0.5, 0.6) is 0 Å². The maximum absolute atomic E-state index is 11.7. The van der Waals surface area contributed by atoms with E-state index in [4.69, 9.17) is 0 Å². The van der Waals surface area contributed by atoms with Gasteiger partial charge in [-0.1, -0.05) is 12.8 Å². The first-order valence-electron chi connectivity index (χ1n) is 6.56. The van der Waals surface area contributed by atoms with Gasteiger partial charge in [0.15, 0.2) is 0 Å². The highest BCUT2D eigenvalue weighted by atomic mass is 35.5. The summed E-state index contributed by atoms with van der Waals surface area (Å²) in [5, 5.41) is 3.28. The molecule has 5 nitrogen and oxygen atoms in total. The first-order chi connectivity index (χ1) is 8.16. The van der Waals surface area contributed by atoms with Crippen molar-refractivity contribution in [3.05, 3.63) is 0 Å². The molecule has 1 aliphatic carbocycles. The lowest BCUT2D eigenvalue weighted by atomic mass is 10.3. The second-order valence-corrected chi connectivity index (χ2v) is 6.96. The average molecular weight is 334 g/mol. The van der Waals surface area contributed by atoms with Gasteiger partial charge in [0.1, 0.15) is 0 Å². The van der Waals surface area contributed by atoms with Gasteiger partial charge in [-0.25, -0.2) is 13.1 Å². The molecule has 1 saturated carbocycles. The first kappa shape index (κ1) is 19.4. The molecule has 0 bridgehead atoms. The van der Waals surface area contributed by atoms with Gasteiger partial charge in [0.2, 0.25) is 10.0 Å². The van der Waals surface area contributed by atoms with Crippen molar-refractivity contribution in [2.75, 3.05) is 45.0 Å². The van der Waals surface area contributed by atoms with E-state index in [0.717, 1.165) is 39.1 Å². The van der Waals surface area contributed by atoms with E-state index in [9.17, 15) is 8.42 Å². The molecule has 1 heterocycles. The van der Waals surface area contributed by atoms with Crippen LogP contribution in [0.1, 0.15) is 19.3 Å². The van der Waals surface area contributed by atoms with Gasteiger partial charge in [-0.2, -0.15) is 0 Å². The van der Waals surface area contributed by atoms with E-state index in [2.05, 4.69) is 14.9 Å². The largest absolute Gasteiger partial charge is 0.314 e. The number of sulfonamides is 1. The van der Waals surface area contributed by atoms with E-state index < -0.39 is 10.0 Å². The van der Waals surface area contributed by atoms with Gasteiger partial charge in [-0.15, -0.1) is 24.8 Å². The fourth-order valence-electron chi connectivity index (χ4n) is 2.09. The second kappa shape index (κ2) is 9.37. The maximum Gasteiger partial charge on any atom is 0.211 e. The minimum absolute atomic E-state index is 0. The maximum atomic E-state index is 11.7. The van der Waals surface area contributed by atoms with Gasteiger partial charge in [-0.05, 0) is 12.3 Å². The summed E-state index contributed by atoms with van der Waals surface area (Å²) in [4.78, 5) is 2.29. The molecule has 0 spiro atoms. The van der Waals surface area contributed by atoms with Gasteiger partial charge >= 0.3 is 0 Å². The van der Waals surface area contributed by atoms with Crippen molar-refractivity contribution in [2.24, 2.45) is 5.92 Å². The van der Waals surface area contributed by atoms with Crippen LogP contribution in [-0.2, 0) is 10.0 Å². The highest BCUT2D eigenvalue weighted by Crippen LogP contribution is 2.32. The molecule has 8 heteroatoms. The van der Waals surface area contributed by atoms with Gasteiger partial charge in [0, 0.05) is 39.3 Å². The number of nitrogens with one attached hydrogen (secondary N) is 2. The minimum Gasteiger partial charge on any atom is -0.314 e. The summed E-state index contributed by atoms with van der Waals surface area (Å²) in [6.07, 6.45) is 3.27. The Kier molecular flexibility index (Phi) is 9.57. The molecule has 0 aromatic carbocycles. The third kappa shape index (κ3) is 8.32. The lowest BCUT2D eigenvalue weighted by Gasteiger charge is -2.27. The molecule has 0 aromatic rings. The number of nitrogens with zero attached hydrogens (tertiary/aromatic N) is 1. The van der Waals surface area contributed by atoms with Crippen LogP contribution in [-0.4, -0.2) is 58.3 Å². The van der Waals surface area contributed by atoms with Crippen LogP contribution < -0.4 is 10.0 Å². The first-order valence-corrected chi connectivity index (χ1v) is 8.21. The van der Waals surface area contributed by atoms with Crippen molar-refractivity contribution in [3.8, 4) is 0 Å².